The zero-order valence-electron chi connectivity index (χ0n) is 13.4. The zero-order chi connectivity index (χ0) is 14.1. The molecule has 0 heterocycles. The molecule has 2 nitrogen and oxygen atoms in total. The van der Waals surface area contributed by atoms with Gasteiger partial charge in [-0.2, -0.15) is 0 Å². The van der Waals surface area contributed by atoms with Crippen molar-refractivity contribution < 1.29 is 5.06 Å². The van der Waals surface area contributed by atoms with Crippen LogP contribution in [0.25, 0.3) is 0 Å². The average Bonchev–Trinajstić information content (AvgIpc) is 2.31. The van der Waals surface area contributed by atoms with E-state index in [2.05, 4.69) is 13.8 Å². The first-order valence-electron chi connectivity index (χ1n) is 8.12. The van der Waals surface area contributed by atoms with Gasteiger partial charge in [0.05, 0.1) is 14.1 Å². The lowest BCUT2D eigenvalue weighted by Crippen LogP contribution is -3.00. The van der Waals surface area contributed by atoms with Gasteiger partial charge in [0.1, 0.15) is 0 Å². The van der Waals surface area contributed by atoms with E-state index in [1.54, 1.807) is 0 Å². The second-order valence-corrected chi connectivity index (χ2v) is 5.44. The van der Waals surface area contributed by atoms with E-state index in [-0.39, 0.29) is 5.06 Å². The van der Waals surface area contributed by atoms with Crippen molar-refractivity contribution in [3.05, 3.63) is 5.21 Å². The molecule has 0 aliphatic rings. The number of hydroxylamine groups is 2. The van der Waals surface area contributed by atoms with Crippen molar-refractivity contribution in [1.29, 1.82) is 0 Å². The molecule has 0 spiro atoms. The molecule has 0 aromatic carbocycles. The summed E-state index contributed by atoms with van der Waals surface area (Å²) in [5.41, 5.74) is 0. The third-order valence-corrected chi connectivity index (χ3v) is 2.96. The molecule has 0 saturated heterocycles. The lowest BCUT2D eigenvalue weighted by atomic mass is 10.1. The molecule has 0 unspecified atom stereocenters. The summed E-state index contributed by atoms with van der Waals surface area (Å²) >= 11 is 0. The first-order valence-corrected chi connectivity index (χ1v) is 8.12. The summed E-state index contributed by atoms with van der Waals surface area (Å²) in [5, 5.41) is 9.61. The highest BCUT2D eigenvalue weighted by Crippen LogP contribution is 2.11. The molecule has 1 N–H and O–H groups in total. The van der Waals surface area contributed by atoms with Gasteiger partial charge in [-0.3, -0.25) is 0 Å². The van der Waals surface area contributed by atoms with Gasteiger partial charge in [-0.05, 0) is 0 Å². The molecule has 18 heavy (non-hydrogen) atoms. The Morgan fingerprint density at radius 2 is 0.722 bits per heavy atom. The fraction of sp³-hybridized carbons (Fsp3) is 1.00. The lowest BCUT2D eigenvalue weighted by Gasteiger charge is -2.04. The molecule has 0 aliphatic heterocycles. The van der Waals surface area contributed by atoms with Crippen molar-refractivity contribution in [3.63, 3.8) is 0 Å². The highest BCUT2D eigenvalue weighted by molar-refractivity contribution is 4.47. The van der Waals surface area contributed by atoms with Crippen LogP contribution >= 0.6 is 0 Å². The summed E-state index contributed by atoms with van der Waals surface area (Å²) < 4.78 is 0. The minimum absolute atomic E-state index is 0.167. The molecule has 0 radical (unpaired) electrons. The van der Waals surface area contributed by atoms with E-state index in [1.165, 1.54) is 91.1 Å². The smallest absolute Gasteiger partial charge is 0.0660 e. The van der Waals surface area contributed by atoms with E-state index in [9.17, 15) is 5.21 Å². The van der Waals surface area contributed by atoms with Gasteiger partial charge in [0, 0.05) is 0 Å². The maximum Gasteiger partial charge on any atom is 0.0660 e. The highest BCUT2D eigenvalue weighted by Gasteiger charge is 1.91. The molecule has 0 aromatic heterocycles. The fourth-order valence-electron chi connectivity index (χ4n) is 1.91. The normalized spacial score (nSPS) is 10.3. The Labute approximate surface area is 116 Å². The summed E-state index contributed by atoms with van der Waals surface area (Å²) in [5.74, 6) is 0. The first-order chi connectivity index (χ1) is 8.65. The third-order valence-electron chi connectivity index (χ3n) is 2.96. The van der Waals surface area contributed by atoms with Crippen LogP contribution in [0.5, 0.6) is 0 Å². The number of quaternary nitrogens is 1. The molecule has 0 aromatic rings. The molecular weight excluding hydrogens is 222 g/mol. The predicted molar refractivity (Wildman–Crippen MR) is 82.9 cm³/mol. The SMILES string of the molecule is CCCCCCCCCCCCCC.C[NH+](C)[O-]. The molecule has 2 heteroatoms. The third kappa shape index (κ3) is 29.7. The molecule has 0 aliphatic carbocycles. The lowest BCUT2D eigenvalue weighted by molar-refractivity contribution is -0.802. The largest absolute Gasteiger partial charge is 0.635 e. The van der Waals surface area contributed by atoms with Gasteiger partial charge in [-0.15, -0.1) is 0 Å². The van der Waals surface area contributed by atoms with E-state index in [1.807, 2.05) is 0 Å². The average molecular weight is 259 g/mol. The number of hydrogen-bond acceptors (Lipinski definition) is 1. The van der Waals surface area contributed by atoms with Crippen molar-refractivity contribution in [2.75, 3.05) is 14.1 Å². The maximum atomic E-state index is 9.44. The summed E-state index contributed by atoms with van der Waals surface area (Å²) in [6, 6.07) is 0. The monoisotopic (exact) mass is 259 g/mol. The number of nitrogens with one attached hydrogen (secondary N) is 1. The minimum atomic E-state index is 0.167. The Morgan fingerprint density at radius 3 is 0.889 bits per heavy atom. The van der Waals surface area contributed by atoms with Crippen LogP contribution in [0.4, 0.5) is 0 Å². The maximum absolute atomic E-state index is 9.44. The van der Waals surface area contributed by atoms with Crippen molar-refractivity contribution in [2.24, 2.45) is 0 Å². The van der Waals surface area contributed by atoms with E-state index >= 15 is 0 Å². The van der Waals surface area contributed by atoms with Crippen LogP contribution in [0.2, 0.25) is 0 Å². The van der Waals surface area contributed by atoms with Gasteiger partial charge in [0.15, 0.2) is 0 Å². The second-order valence-electron chi connectivity index (χ2n) is 5.44. The zero-order valence-corrected chi connectivity index (χ0v) is 13.4. The Kier molecular flexibility index (Phi) is 21.7. The molecule has 0 fully saturated rings. The molecule has 112 valence electrons. The van der Waals surface area contributed by atoms with Crippen LogP contribution in [0.1, 0.15) is 90.9 Å². The quantitative estimate of drug-likeness (QED) is 0.434. The summed E-state index contributed by atoms with van der Waals surface area (Å²) in [6.45, 7) is 4.57. The molecule has 0 bridgehead atoms. The topological polar surface area (TPSA) is 27.5 Å². The Morgan fingerprint density at radius 1 is 0.556 bits per heavy atom. The Balaban J connectivity index is 0. The van der Waals surface area contributed by atoms with Crippen molar-refractivity contribution in [3.8, 4) is 0 Å². The van der Waals surface area contributed by atoms with Gasteiger partial charge in [0.2, 0.25) is 0 Å². The Bertz CT molecular complexity index is 112. The van der Waals surface area contributed by atoms with Gasteiger partial charge in [-0.25, -0.2) is 0 Å². The second kappa shape index (κ2) is 19.3. The number of rotatable bonds is 11. The molecule has 0 atom stereocenters. The molecular formula is C16H37NO. The summed E-state index contributed by atoms with van der Waals surface area (Å²) in [6.07, 6.45) is 17.4. The van der Waals surface area contributed by atoms with Gasteiger partial charge in [0.25, 0.3) is 0 Å². The van der Waals surface area contributed by atoms with Crippen LogP contribution in [0, 0.1) is 5.21 Å². The van der Waals surface area contributed by atoms with Gasteiger partial charge < -0.3 is 10.3 Å². The van der Waals surface area contributed by atoms with Crippen molar-refractivity contribution >= 4 is 0 Å². The van der Waals surface area contributed by atoms with Crippen LogP contribution in [0.3, 0.4) is 0 Å². The molecule has 0 amide bonds. The first kappa shape index (κ1) is 20.2. The summed E-state index contributed by atoms with van der Waals surface area (Å²) in [7, 11) is 3.06. The van der Waals surface area contributed by atoms with Crippen molar-refractivity contribution in [1.82, 2.24) is 0 Å². The van der Waals surface area contributed by atoms with Crippen LogP contribution < -0.4 is 5.06 Å². The van der Waals surface area contributed by atoms with E-state index in [4.69, 9.17) is 0 Å². The van der Waals surface area contributed by atoms with E-state index < -0.39 is 0 Å². The van der Waals surface area contributed by atoms with Gasteiger partial charge in [-0.1, -0.05) is 90.9 Å². The Hall–Kier alpha value is -0.0800. The standard InChI is InChI=1S/C14H30.C2H7NO/c1-3-5-7-9-11-13-14-12-10-8-6-4-2;1-3(2)4/h3-14H2,1-2H3;3H,1-2H3. The highest BCUT2D eigenvalue weighted by atomic mass is 16.5. The van der Waals surface area contributed by atoms with Crippen molar-refractivity contribution in [2.45, 2.75) is 90.9 Å². The minimum Gasteiger partial charge on any atom is -0.635 e. The number of hydrogen-bond donors (Lipinski definition) is 1. The predicted octanol–water partition coefficient (Wildman–Crippen LogP) is 4.34. The number of unbranched alkanes of at least 4 members (excludes halogenated alkanes) is 11. The van der Waals surface area contributed by atoms with Crippen LogP contribution in [0.15, 0.2) is 0 Å². The van der Waals surface area contributed by atoms with Crippen LogP contribution in [-0.2, 0) is 0 Å². The van der Waals surface area contributed by atoms with Gasteiger partial charge >= 0.3 is 0 Å². The molecule has 0 rings (SSSR count). The molecule has 0 saturated carbocycles. The summed E-state index contributed by atoms with van der Waals surface area (Å²) in [4.78, 5) is 0. The van der Waals surface area contributed by atoms with E-state index in [0.29, 0.717) is 0 Å². The fourth-order valence-corrected chi connectivity index (χ4v) is 1.91. The van der Waals surface area contributed by atoms with Crippen LogP contribution in [-0.4, -0.2) is 14.1 Å². The van der Waals surface area contributed by atoms with E-state index in [0.717, 1.165) is 0 Å².